The number of hydrogen-bond acceptors (Lipinski definition) is 3. The van der Waals surface area contributed by atoms with E-state index in [1.165, 1.54) is 7.11 Å². The molecule has 5 nitrogen and oxygen atoms in total. The van der Waals surface area contributed by atoms with E-state index >= 15 is 0 Å². The minimum Gasteiger partial charge on any atom is -0.481 e. The van der Waals surface area contributed by atoms with Gasteiger partial charge in [-0.25, -0.2) is 4.68 Å². The van der Waals surface area contributed by atoms with Crippen LogP contribution in [0.3, 0.4) is 0 Å². The standard InChI is InChI=1S/C14H16N2O3/c1-9-5-4-6-11(7-9)16-14(19-3)12(8-13(17)18)10(2)15-16/h4-7H,8H2,1-3H3,(H,17,18). The van der Waals surface area contributed by atoms with Crippen molar-refractivity contribution in [2.45, 2.75) is 20.3 Å². The topological polar surface area (TPSA) is 64.3 Å². The fourth-order valence-corrected chi connectivity index (χ4v) is 2.04. The Morgan fingerprint density at radius 1 is 1.42 bits per heavy atom. The van der Waals surface area contributed by atoms with Crippen LogP contribution in [0.2, 0.25) is 0 Å². The summed E-state index contributed by atoms with van der Waals surface area (Å²) in [6, 6.07) is 7.80. The fourth-order valence-electron chi connectivity index (χ4n) is 2.04. The van der Waals surface area contributed by atoms with Gasteiger partial charge < -0.3 is 9.84 Å². The summed E-state index contributed by atoms with van der Waals surface area (Å²) in [5, 5.41) is 13.3. The number of aromatic nitrogens is 2. The van der Waals surface area contributed by atoms with Crippen molar-refractivity contribution in [3.63, 3.8) is 0 Å². The first-order valence-electron chi connectivity index (χ1n) is 5.94. The lowest BCUT2D eigenvalue weighted by molar-refractivity contribution is -0.136. The molecule has 0 aliphatic rings. The van der Waals surface area contributed by atoms with Crippen molar-refractivity contribution in [1.82, 2.24) is 9.78 Å². The Morgan fingerprint density at radius 3 is 2.74 bits per heavy atom. The lowest BCUT2D eigenvalue weighted by Gasteiger charge is -2.08. The number of benzene rings is 1. The molecule has 0 radical (unpaired) electrons. The molecule has 5 heteroatoms. The molecule has 0 amide bonds. The van der Waals surface area contributed by atoms with Crippen LogP contribution in [0, 0.1) is 13.8 Å². The Hall–Kier alpha value is -2.30. The molecule has 2 aromatic rings. The minimum atomic E-state index is -0.898. The van der Waals surface area contributed by atoms with Gasteiger partial charge in [0.25, 0.3) is 0 Å². The smallest absolute Gasteiger partial charge is 0.308 e. The normalized spacial score (nSPS) is 10.5. The first kappa shape index (κ1) is 13.1. The first-order chi connectivity index (χ1) is 9.02. The van der Waals surface area contributed by atoms with Crippen LogP contribution in [-0.4, -0.2) is 28.0 Å². The number of carbonyl (C=O) groups is 1. The average Bonchev–Trinajstić information content (AvgIpc) is 2.66. The van der Waals surface area contributed by atoms with Gasteiger partial charge in [-0.2, -0.15) is 5.10 Å². The van der Waals surface area contributed by atoms with Crippen LogP contribution in [0.15, 0.2) is 24.3 Å². The van der Waals surface area contributed by atoms with E-state index in [0.29, 0.717) is 17.1 Å². The number of aliphatic carboxylic acids is 1. The van der Waals surface area contributed by atoms with Gasteiger partial charge in [0.05, 0.1) is 24.9 Å². The number of carboxylic acid groups (broad SMARTS) is 1. The third-order valence-corrected chi connectivity index (χ3v) is 2.90. The number of methoxy groups -OCH3 is 1. The number of aryl methyl sites for hydroxylation is 2. The summed E-state index contributed by atoms with van der Waals surface area (Å²) >= 11 is 0. The zero-order valence-corrected chi connectivity index (χ0v) is 11.2. The highest BCUT2D eigenvalue weighted by Gasteiger charge is 2.19. The lowest BCUT2D eigenvalue weighted by Crippen LogP contribution is -2.04. The van der Waals surface area contributed by atoms with E-state index in [4.69, 9.17) is 9.84 Å². The van der Waals surface area contributed by atoms with E-state index in [-0.39, 0.29) is 6.42 Å². The number of carboxylic acids is 1. The summed E-state index contributed by atoms with van der Waals surface area (Å²) in [6.07, 6.45) is -0.0964. The molecule has 1 aromatic carbocycles. The van der Waals surface area contributed by atoms with Crippen LogP contribution in [-0.2, 0) is 11.2 Å². The average molecular weight is 260 g/mol. The lowest BCUT2D eigenvalue weighted by atomic mass is 10.2. The van der Waals surface area contributed by atoms with Crippen LogP contribution in [0.1, 0.15) is 16.8 Å². The summed E-state index contributed by atoms with van der Waals surface area (Å²) in [5.74, 6) is -0.421. The molecule has 19 heavy (non-hydrogen) atoms. The van der Waals surface area contributed by atoms with Gasteiger partial charge in [-0.05, 0) is 31.5 Å². The summed E-state index contributed by atoms with van der Waals surface area (Å²) in [5.41, 5.74) is 3.24. The number of ether oxygens (including phenoxy) is 1. The second-order valence-corrected chi connectivity index (χ2v) is 4.39. The van der Waals surface area contributed by atoms with Crippen molar-refractivity contribution in [2.24, 2.45) is 0 Å². The van der Waals surface area contributed by atoms with Crippen molar-refractivity contribution >= 4 is 5.97 Å². The van der Waals surface area contributed by atoms with Gasteiger partial charge in [0.1, 0.15) is 0 Å². The van der Waals surface area contributed by atoms with Gasteiger partial charge >= 0.3 is 5.97 Å². The monoisotopic (exact) mass is 260 g/mol. The molecule has 0 spiro atoms. The van der Waals surface area contributed by atoms with E-state index in [1.54, 1.807) is 11.6 Å². The molecule has 1 aromatic heterocycles. The maximum absolute atomic E-state index is 10.9. The van der Waals surface area contributed by atoms with Crippen molar-refractivity contribution in [1.29, 1.82) is 0 Å². The van der Waals surface area contributed by atoms with Crippen molar-refractivity contribution in [3.05, 3.63) is 41.1 Å². The molecule has 0 aliphatic heterocycles. The van der Waals surface area contributed by atoms with E-state index in [9.17, 15) is 4.79 Å². The summed E-state index contributed by atoms with van der Waals surface area (Å²) in [7, 11) is 1.52. The van der Waals surface area contributed by atoms with Gasteiger partial charge in [-0.15, -0.1) is 0 Å². The number of hydrogen-bond donors (Lipinski definition) is 1. The van der Waals surface area contributed by atoms with Gasteiger partial charge in [0.15, 0.2) is 0 Å². The van der Waals surface area contributed by atoms with Crippen LogP contribution in [0.4, 0.5) is 0 Å². The maximum Gasteiger partial charge on any atom is 0.308 e. The summed E-state index contributed by atoms with van der Waals surface area (Å²) in [4.78, 5) is 10.9. The second-order valence-electron chi connectivity index (χ2n) is 4.39. The Labute approximate surface area is 111 Å². The summed E-state index contributed by atoms with van der Waals surface area (Å²) < 4.78 is 6.97. The fraction of sp³-hybridized carbons (Fsp3) is 0.286. The molecule has 0 bridgehead atoms. The van der Waals surface area contributed by atoms with Crippen LogP contribution in [0.25, 0.3) is 5.69 Å². The first-order valence-corrected chi connectivity index (χ1v) is 5.94. The quantitative estimate of drug-likeness (QED) is 0.914. The molecular weight excluding hydrogens is 244 g/mol. The van der Waals surface area contributed by atoms with E-state index in [1.807, 2.05) is 31.2 Å². The highest BCUT2D eigenvalue weighted by Crippen LogP contribution is 2.26. The van der Waals surface area contributed by atoms with Crippen LogP contribution >= 0.6 is 0 Å². The van der Waals surface area contributed by atoms with Gasteiger partial charge in [0.2, 0.25) is 5.88 Å². The molecule has 2 rings (SSSR count). The highest BCUT2D eigenvalue weighted by atomic mass is 16.5. The maximum atomic E-state index is 10.9. The van der Waals surface area contributed by atoms with Crippen LogP contribution < -0.4 is 4.74 Å². The molecule has 100 valence electrons. The Balaban J connectivity index is 2.55. The molecule has 0 aliphatic carbocycles. The molecule has 0 atom stereocenters. The van der Waals surface area contributed by atoms with Crippen molar-refractivity contribution in [3.8, 4) is 11.6 Å². The third kappa shape index (κ3) is 2.59. The SMILES string of the molecule is COc1c(CC(=O)O)c(C)nn1-c1cccc(C)c1. The third-order valence-electron chi connectivity index (χ3n) is 2.90. The molecular formula is C14H16N2O3. The largest absolute Gasteiger partial charge is 0.481 e. The number of nitrogens with zero attached hydrogens (tertiary/aromatic N) is 2. The van der Waals surface area contributed by atoms with Crippen molar-refractivity contribution in [2.75, 3.05) is 7.11 Å². The second kappa shape index (κ2) is 5.14. The zero-order chi connectivity index (χ0) is 14.0. The molecule has 0 saturated heterocycles. The Bertz CT molecular complexity index is 617. The predicted octanol–water partition coefficient (Wildman–Crippen LogP) is 2.12. The van der Waals surface area contributed by atoms with E-state index < -0.39 is 5.97 Å². The Morgan fingerprint density at radius 2 is 2.16 bits per heavy atom. The number of rotatable bonds is 4. The van der Waals surface area contributed by atoms with Gasteiger partial charge in [-0.3, -0.25) is 4.79 Å². The molecule has 0 unspecified atom stereocenters. The van der Waals surface area contributed by atoms with E-state index in [2.05, 4.69) is 5.10 Å². The van der Waals surface area contributed by atoms with Gasteiger partial charge in [0, 0.05) is 5.56 Å². The van der Waals surface area contributed by atoms with Crippen LogP contribution in [0.5, 0.6) is 5.88 Å². The Kier molecular flexibility index (Phi) is 3.55. The molecule has 1 N–H and O–H groups in total. The molecule has 0 saturated carbocycles. The highest BCUT2D eigenvalue weighted by molar-refractivity contribution is 5.71. The molecule has 1 heterocycles. The van der Waals surface area contributed by atoms with Crippen molar-refractivity contribution < 1.29 is 14.6 Å². The molecule has 0 fully saturated rings. The van der Waals surface area contributed by atoms with E-state index in [0.717, 1.165) is 11.3 Å². The zero-order valence-electron chi connectivity index (χ0n) is 11.2. The minimum absolute atomic E-state index is 0.0964. The predicted molar refractivity (Wildman–Crippen MR) is 70.9 cm³/mol. The summed E-state index contributed by atoms with van der Waals surface area (Å²) in [6.45, 7) is 3.78. The van der Waals surface area contributed by atoms with Gasteiger partial charge in [-0.1, -0.05) is 12.1 Å².